The summed E-state index contributed by atoms with van der Waals surface area (Å²) in [6, 6.07) is 5.16. The van der Waals surface area contributed by atoms with Crippen molar-refractivity contribution in [1.29, 1.82) is 0 Å². The fourth-order valence-corrected chi connectivity index (χ4v) is 12.5. The number of carbonyl (C=O) groups excluding carboxylic acids is 8. The number of nitrogens with zero attached hydrogens (tertiary/aromatic N) is 4. The maximum atomic E-state index is 14.9. The van der Waals surface area contributed by atoms with E-state index in [2.05, 4.69) is 32.8 Å². The lowest BCUT2D eigenvalue weighted by Gasteiger charge is -2.39. The molecule has 0 spiro atoms. The zero-order valence-electron chi connectivity index (χ0n) is 42.1. The summed E-state index contributed by atoms with van der Waals surface area (Å²) in [5, 5.41) is 8.75. The third-order valence-electron chi connectivity index (χ3n) is 14.2. The van der Waals surface area contributed by atoms with Crippen molar-refractivity contribution in [3.8, 4) is 11.8 Å². The number of aromatic nitrogens is 1. The predicted octanol–water partition coefficient (Wildman–Crippen LogP) is 5.46. The summed E-state index contributed by atoms with van der Waals surface area (Å²) in [7, 11) is -5.89. The summed E-state index contributed by atoms with van der Waals surface area (Å²) in [5.74, 6) is 2.44. The van der Waals surface area contributed by atoms with E-state index in [4.69, 9.17) is 5.73 Å². The minimum atomic E-state index is -5.89. The van der Waals surface area contributed by atoms with E-state index in [0.717, 1.165) is 28.3 Å². The number of fused-ring (bicyclic) bond motifs is 3. The highest BCUT2D eigenvalue weighted by atomic mass is 32.1. The van der Waals surface area contributed by atoms with Crippen LogP contribution in [0.25, 0.3) is 10.1 Å². The monoisotopic (exact) mass is 1100 g/mol. The van der Waals surface area contributed by atoms with Gasteiger partial charge in [-0.15, -0.1) is 22.7 Å². The van der Waals surface area contributed by atoms with Gasteiger partial charge in [-0.05, 0) is 91.6 Å². The van der Waals surface area contributed by atoms with Gasteiger partial charge >= 0.3 is 13.3 Å². The molecule has 2 aromatic heterocycles. The number of nitrogens with two attached hydrogens (primary N) is 1. The lowest BCUT2D eigenvalue weighted by atomic mass is 9.96. The van der Waals surface area contributed by atoms with Gasteiger partial charge in [0, 0.05) is 83.8 Å². The molecule has 24 heteroatoms. The van der Waals surface area contributed by atoms with Gasteiger partial charge in [-0.1, -0.05) is 51.2 Å². The van der Waals surface area contributed by atoms with Gasteiger partial charge in [0.25, 0.3) is 11.8 Å². The number of benzene rings is 2. The molecule has 8 amide bonds. The first-order valence-electron chi connectivity index (χ1n) is 25.1. The molecule has 76 heavy (non-hydrogen) atoms. The van der Waals surface area contributed by atoms with Gasteiger partial charge in [0.1, 0.15) is 23.1 Å². The van der Waals surface area contributed by atoms with Crippen molar-refractivity contribution in [3.05, 3.63) is 85.7 Å². The van der Waals surface area contributed by atoms with E-state index < -0.39 is 78.6 Å². The molecular formula is C52H59F2N8O11PS2. The Hall–Kier alpha value is -6.44. The number of hydrogen-bond acceptors (Lipinski definition) is 12. The van der Waals surface area contributed by atoms with Gasteiger partial charge in [0.2, 0.25) is 35.4 Å². The number of amides is 8. The van der Waals surface area contributed by atoms with Crippen LogP contribution >= 0.6 is 30.3 Å². The van der Waals surface area contributed by atoms with Crippen LogP contribution < -0.4 is 21.7 Å². The summed E-state index contributed by atoms with van der Waals surface area (Å²) in [5.41, 5.74) is 1.68. The number of unbranched alkanes of at least 4 members (excludes halogenated alkanes) is 3. The minimum absolute atomic E-state index is 0.00977. The summed E-state index contributed by atoms with van der Waals surface area (Å²) in [6.07, 6.45) is 5.59. The summed E-state index contributed by atoms with van der Waals surface area (Å²) >= 11 is 2.30. The number of rotatable bonds is 16. The zero-order valence-corrected chi connectivity index (χ0v) is 44.6. The third-order valence-corrected chi connectivity index (χ3v) is 17.8. The lowest BCUT2D eigenvalue weighted by molar-refractivity contribution is -0.145. The van der Waals surface area contributed by atoms with Crippen LogP contribution in [0.1, 0.15) is 150 Å². The van der Waals surface area contributed by atoms with Crippen molar-refractivity contribution < 1.29 is 61.5 Å². The highest BCUT2D eigenvalue weighted by molar-refractivity contribution is 7.52. The van der Waals surface area contributed by atoms with E-state index in [1.165, 1.54) is 38.2 Å². The Balaban J connectivity index is 0.950. The van der Waals surface area contributed by atoms with Gasteiger partial charge in [-0.2, -0.15) is 8.78 Å². The van der Waals surface area contributed by atoms with Crippen LogP contribution in [0, 0.1) is 11.8 Å². The molecule has 404 valence electrons. The number of primary amides is 1. The molecule has 0 aliphatic carbocycles. The molecule has 4 aromatic rings. The highest BCUT2D eigenvalue weighted by Crippen LogP contribution is 2.59. The van der Waals surface area contributed by atoms with Crippen LogP contribution in [0.2, 0.25) is 0 Å². The Morgan fingerprint density at radius 3 is 2.47 bits per heavy atom. The Bertz CT molecular complexity index is 3100. The third kappa shape index (κ3) is 12.2. The molecule has 4 aliphatic rings. The van der Waals surface area contributed by atoms with Gasteiger partial charge in [0.05, 0.1) is 10.9 Å². The van der Waals surface area contributed by atoms with Crippen molar-refractivity contribution in [2.24, 2.45) is 5.73 Å². The second kappa shape index (κ2) is 22.6. The van der Waals surface area contributed by atoms with Crippen molar-refractivity contribution in [1.82, 2.24) is 35.6 Å². The first-order chi connectivity index (χ1) is 35.9. The topological polar surface area (TPSA) is 279 Å². The number of alkyl halides is 2. The van der Waals surface area contributed by atoms with Crippen molar-refractivity contribution in [2.75, 3.05) is 13.1 Å². The van der Waals surface area contributed by atoms with Gasteiger partial charge in [0.15, 0.2) is 0 Å². The van der Waals surface area contributed by atoms with Crippen LogP contribution in [0.3, 0.4) is 0 Å². The molecule has 1 unspecified atom stereocenters. The number of hydrogen-bond donors (Lipinski definition) is 6. The number of thiazole rings is 1. The second-order valence-electron chi connectivity index (χ2n) is 20.6. The molecule has 3 saturated heterocycles. The second-order valence-corrected chi connectivity index (χ2v) is 24.4. The number of nitrogens with one attached hydrogen (secondary N) is 3. The molecule has 6 heterocycles. The minimum Gasteiger partial charge on any atom is -0.370 e. The van der Waals surface area contributed by atoms with Crippen LogP contribution in [-0.2, 0) is 51.0 Å². The summed E-state index contributed by atoms with van der Waals surface area (Å²) < 4.78 is 41.3. The molecular weight excluding hydrogens is 1050 g/mol. The SMILES string of the molecule is CC(C)(C)c1cnc([C@H](CCC(N)=O)NC(=O)[C@@H]2CC[C@@H]3CCN(C(=O)CCCCCC#Cc4cccc5c4CN(C4CCC(=O)NC4=O)C5=O)C[C@H](NC(=O)c4cc5cc(C(F)(F)P(=O)(O)O)ccc5s4)C(=O)N32)s1. The number of piperidine rings is 1. The molecule has 5 atom stereocenters. The van der Waals surface area contributed by atoms with E-state index in [1.54, 1.807) is 18.3 Å². The van der Waals surface area contributed by atoms with Crippen molar-refractivity contribution in [3.63, 3.8) is 0 Å². The number of imide groups is 1. The van der Waals surface area contributed by atoms with E-state index in [-0.39, 0.29) is 91.6 Å². The standard InChI is InChI=1S/C52H59F2N8O11PS2/c1-51(2,3)41-26-56-48(76-41)35(16-20-42(55)63)57-46(67)38-17-15-32-22-23-60(28-36(50(70)62(32)38)58-47(68)40-25-30-24-31(14-19-39(30)75-40)52(53,54)74(71,72)73)44(65)13-8-6-4-5-7-10-29-11-9-12-33-34(29)27-61(49(33)69)37-18-21-43(64)59-45(37)66/h9,11-12,14,19,24-26,32,35-38H,4-6,8,13,15-18,20-23,27-28H2,1-3H3,(H2,55,63)(H,57,67)(H,58,68)(H,59,64,66)(H2,71,72,73)/t32-,35+,36+,37?,38+/m1/s1. The zero-order chi connectivity index (χ0) is 54.9. The van der Waals surface area contributed by atoms with Crippen LogP contribution in [0.4, 0.5) is 8.78 Å². The predicted molar refractivity (Wildman–Crippen MR) is 276 cm³/mol. The van der Waals surface area contributed by atoms with Gasteiger partial charge < -0.3 is 40.9 Å². The molecule has 2 aromatic carbocycles. The van der Waals surface area contributed by atoms with E-state index in [9.17, 15) is 61.5 Å². The Morgan fingerprint density at radius 2 is 1.76 bits per heavy atom. The molecule has 19 nitrogen and oxygen atoms in total. The van der Waals surface area contributed by atoms with Crippen molar-refractivity contribution in [2.45, 2.75) is 146 Å². The molecule has 4 aliphatic heterocycles. The summed E-state index contributed by atoms with van der Waals surface area (Å²) in [6.45, 7) is 6.21. The molecule has 0 saturated carbocycles. The Kier molecular flexibility index (Phi) is 16.6. The fraction of sp³-hybridized carbons (Fsp3) is 0.481. The normalized spacial score (nSPS) is 20.5. The number of carbonyl (C=O) groups is 8. The van der Waals surface area contributed by atoms with E-state index in [0.29, 0.717) is 64.9 Å². The first kappa shape index (κ1) is 55.8. The molecule has 0 bridgehead atoms. The largest absolute Gasteiger partial charge is 0.399 e. The average Bonchev–Trinajstić information content (AvgIpc) is 4.21. The Labute approximate surface area is 444 Å². The number of thiophene rings is 1. The summed E-state index contributed by atoms with van der Waals surface area (Å²) in [4.78, 5) is 135. The smallest absolute Gasteiger partial charge is 0.370 e. The molecule has 0 radical (unpaired) electrons. The fourth-order valence-electron chi connectivity index (χ4n) is 10.00. The molecule has 3 fully saturated rings. The van der Waals surface area contributed by atoms with Crippen LogP contribution in [-0.4, -0.2) is 114 Å². The Morgan fingerprint density at radius 1 is 0.987 bits per heavy atom. The van der Waals surface area contributed by atoms with Gasteiger partial charge in [-0.25, -0.2) is 4.98 Å². The highest BCUT2D eigenvalue weighted by Gasteiger charge is 2.51. The average molecular weight is 1110 g/mol. The molecule has 7 N–H and O–H groups in total. The quantitative estimate of drug-likeness (QED) is 0.0353. The maximum Gasteiger partial charge on any atom is 0.399 e. The van der Waals surface area contributed by atoms with E-state index >= 15 is 0 Å². The molecule has 8 rings (SSSR count). The number of halogens is 2. The lowest BCUT2D eigenvalue weighted by Crippen LogP contribution is -2.61. The van der Waals surface area contributed by atoms with Crippen LogP contribution in [0.15, 0.2) is 48.7 Å². The van der Waals surface area contributed by atoms with Crippen LogP contribution in [0.5, 0.6) is 0 Å². The van der Waals surface area contributed by atoms with E-state index in [1.807, 2.05) is 26.8 Å². The van der Waals surface area contributed by atoms with Gasteiger partial charge in [-0.3, -0.25) is 48.2 Å². The first-order valence-corrected chi connectivity index (χ1v) is 28.3. The maximum absolute atomic E-state index is 14.9. The van der Waals surface area contributed by atoms with Crippen molar-refractivity contribution >= 4 is 87.6 Å².